The van der Waals surface area contributed by atoms with Crippen molar-refractivity contribution in [1.29, 1.82) is 0 Å². The molecule has 2 aromatic heterocycles. The number of aldehydes is 1. The summed E-state index contributed by atoms with van der Waals surface area (Å²) in [4.78, 5) is 15.2. The summed E-state index contributed by atoms with van der Waals surface area (Å²) in [6.07, 6.45) is 2.55. The first-order valence-corrected chi connectivity index (χ1v) is 5.65. The molecule has 0 fully saturated rings. The lowest BCUT2D eigenvalue weighted by atomic mass is 10.2. The van der Waals surface area contributed by atoms with Gasteiger partial charge in [0.2, 0.25) is 0 Å². The van der Waals surface area contributed by atoms with E-state index in [0.717, 1.165) is 24.2 Å². The van der Waals surface area contributed by atoms with E-state index in [4.69, 9.17) is 0 Å². The van der Waals surface area contributed by atoms with Crippen molar-refractivity contribution in [2.75, 3.05) is 0 Å². The topological polar surface area (TPSA) is 47.8 Å². The molecule has 0 saturated heterocycles. The highest BCUT2D eigenvalue weighted by molar-refractivity contribution is 5.75. The van der Waals surface area contributed by atoms with Gasteiger partial charge in [-0.3, -0.25) is 14.5 Å². The van der Waals surface area contributed by atoms with Crippen LogP contribution < -0.4 is 0 Å². The predicted molar refractivity (Wildman–Crippen MR) is 65.7 cm³/mol. The first-order chi connectivity index (χ1) is 8.20. The molecule has 2 aromatic rings. The van der Waals surface area contributed by atoms with Crippen LogP contribution >= 0.6 is 0 Å². The minimum Gasteiger partial charge on any atom is -0.296 e. The van der Waals surface area contributed by atoms with Crippen molar-refractivity contribution in [3.05, 3.63) is 36.2 Å². The van der Waals surface area contributed by atoms with Crippen molar-refractivity contribution in [3.8, 4) is 11.4 Å². The van der Waals surface area contributed by atoms with E-state index in [1.54, 1.807) is 16.9 Å². The third kappa shape index (κ3) is 2.58. The van der Waals surface area contributed by atoms with Crippen molar-refractivity contribution < 1.29 is 4.79 Å². The van der Waals surface area contributed by atoms with Crippen molar-refractivity contribution in [2.45, 2.75) is 20.4 Å². The summed E-state index contributed by atoms with van der Waals surface area (Å²) >= 11 is 0. The molecule has 88 valence electrons. The van der Waals surface area contributed by atoms with E-state index < -0.39 is 0 Å². The Morgan fingerprint density at radius 2 is 2.18 bits per heavy atom. The molecule has 0 spiro atoms. The fourth-order valence-corrected chi connectivity index (χ4v) is 1.66. The SMILES string of the molecule is CC(C)Cn1nc(-c2ccccn2)cc1C=O. The molecule has 0 amide bonds. The molecule has 0 N–H and O–H groups in total. The van der Waals surface area contributed by atoms with Crippen LogP contribution in [0.25, 0.3) is 11.4 Å². The van der Waals surface area contributed by atoms with Crippen LogP contribution in [0.3, 0.4) is 0 Å². The highest BCUT2D eigenvalue weighted by Crippen LogP contribution is 2.16. The number of carbonyl (C=O) groups is 1. The Labute approximate surface area is 100 Å². The van der Waals surface area contributed by atoms with E-state index in [-0.39, 0.29) is 0 Å². The van der Waals surface area contributed by atoms with E-state index >= 15 is 0 Å². The van der Waals surface area contributed by atoms with Gasteiger partial charge in [0.05, 0.1) is 5.69 Å². The second-order valence-electron chi connectivity index (χ2n) is 4.36. The van der Waals surface area contributed by atoms with Gasteiger partial charge in [0, 0.05) is 12.7 Å². The van der Waals surface area contributed by atoms with Crippen molar-refractivity contribution in [1.82, 2.24) is 14.8 Å². The zero-order valence-corrected chi connectivity index (χ0v) is 10.00. The Morgan fingerprint density at radius 3 is 2.76 bits per heavy atom. The number of hydrogen-bond donors (Lipinski definition) is 0. The summed E-state index contributed by atoms with van der Waals surface area (Å²) in [5.74, 6) is 0.449. The van der Waals surface area contributed by atoms with Gasteiger partial charge >= 0.3 is 0 Å². The Hall–Kier alpha value is -1.97. The summed E-state index contributed by atoms with van der Waals surface area (Å²) < 4.78 is 1.74. The van der Waals surface area contributed by atoms with Gasteiger partial charge in [0.1, 0.15) is 11.4 Å². The van der Waals surface area contributed by atoms with Crippen LogP contribution in [0, 0.1) is 5.92 Å². The molecule has 0 aliphatic carbocycles. The molecule has 4 heteroatoms. The number of aromatic nitrogens is 3. The van der Waals surface area contributed by atoms with E-state index in [1.807, 2.05) is 18.2 Å². The summed E-state index contributed by atoms with van der Waals surface area (Å²) in [5.41, 5.74) is 2.13. The van der Waals surface area contributed by atoms with Crippen LogP contribution in [0.5, 0.6) is 0 Å². The van der Waals surface area contributed by atoms with Crippen LogP contribution in [0.4, 0.5) is 0 Å². The normalized spacial score (nSPS) is 10.8. The summed E-state index contributed by atoms with van der Waals surface area (Å²) in [6.45, 7) is 4.92. The highest BCUT2D eigenvalue weighted by atomic mass is 16.1. The third-order valence-corrected chi connectivity index (χ3v) is 2.40. The maximum atomic E-state index is 11.0. The van der Waals surface area contributed by atoms with E-state index in [0.29, 0.717) is 11.6 Å². The smallest absolute Gasteiger partial charge is 0.168 e. The molecular weight excluding hydrogens is 214 g/mol. The second-order valence-corrected chi connectivity index (χ2v) is 4.36. The zero-order chi connectivity index (χ0) is 12.3. The number of rotatable bonds is 4. The maximum Gasteiger partial charge on any atom is 0.168 e. The average molecular weight is 229 g/mol. The van der Waals surface area contributed by atoms with Crippen LogP contribution in [0.2, 0.25) is 0 Å². The number of hydrogen-bond acceptors (Lipinski definition) is 3. The van der Waals surface area contributed by atoms with Gasteiger partial charge in [-0.05, 0) is 24.1 Å². The Kier molecular flexibility index (Phi) is 3.32. The predicted octanol–water partition coefficient (Wildman–Crippen LogP) is 2.41. The highest BCUT2D eigenvalue weighted by Gasteiger charge is 2.10. The Bertz CT molecular complexity index is 503. The van der Waals surface area contributed by atoms with E-state index in [1.165, 1.54) is 0 Å². The van der Waals surface area contributed by atoms with Gasteiger partial charge in [-0.25, -0.2) is 0 Å². The minimum absolute atomic E-state index is 0.449. The molecule has 2 heterocycles. The van der Waals surface area contributed by atoms with Gasteiger partial charge in [0.15, 0.2) is 6.29 Å². The molecule has 0 atom stereocenters. The third-order valence-electron chi connectivity index (χ3n) is 2.40. The van der Waals surface area contributed by atoms with Crippen molar-refractivity contribution >= 4 is 6.29 Å². The summed E-state index contributed by atoms with van der Waals surface area (Å²) in [5, 5.41) is 4.41. The summed E-state index contributed by atoms with van der Waals surface area (Å²) in [7, 11) is 0. The molecule has 0 aromatic carbocycles. The molecule has 0 aliphatic heterocycles. The first-order valence-electron chi connectivity index (χ1n) is 5.65. The second kappa shape index (κ2) is 4.91. The number of carbonyl (C=O) groups excluding carboxylic acids is 1. The molecule has 0 unspecified atom stereocenters. The lowest BCUT2D eigenvalue weighted by Crippen LogP contribution is -2.09. The molecule has 17 heavy (non-hydrogen) atoms. The van der Waals surface area contributed by atoms with Crippen LogP contribution in [0.1, 0.15) is 24.3 Å². The van der Waals surface area contributed by atoms with Gasteiger partial charge in [0.25, 0.3) is 0 Å². The number of pyridine rings is 1. The van der Waals surface area contributed by atoms with Gasteiger partial charge < -0.3 is 0 Å². The molecule has 4 nitrogen and oxygen atoms in total. The molecule has 0 aliphatic rings. The maximum absolute atomic E-state index is 11.0. The largest absolute Gasteiger partial charge is 0.296 e. The molecule has 0 radical (unpaired) electrons. The number of nitrogens with zero attached hydrogens (tertiary/aromatic N) is 3. The lowest BCUT2D eigenvalue weighted by molar-refractivity contribution is 0.111. The van der Waals surface area contributed by atoms with Gasteiger partial charge in [-0.1, -0.05) is 19.9 Å². The molecule has 2 rings (SSSR count). The van der Waals surface area contributed by atoms with E-state index in [9.17, 15) is 4.79 Å². The monoisotopic (exact) mass is 229 g/mol. The Morgan fingerprint density at radius 1 is 1.35 bits per heavy atom. The minimum atomic E-state index is 0.449. The molecule has 0 saturated carbocycles. The average Bonchev–Trinajstić information content (AvgIpc) is 2.72. The summed E-state index contributed by atoms with van der Waals surface area (Å²) in [6, 6.07) is 7.42. The fourth-order valence-electron chi connectivity index (χ4n) is 1.66. The molecular formula is C13H15N3O. The van der Waals surface area contributed by atoms with Crippen LogP contribution in [-0.2, 0) is 6.54 Å². The molecule has 0 bridgehead atoms. The fraction of sp³-hybridized carbons (Fsp3) is 0.308. The first kappa shape index (κ1) is 11.5. The van der Waals surface area contributed by atoms with Gasteiger partial charge in [-0.2, -0.15) is 5.10 Å². The van der Waals surface area contributed by atoms with Crippen molar-refractivity contribution in [3.63, 3.8) is 0 Å². The van der Waals surface area contributed by atoms with E-state index in [2.05, 4.69) is 23.9 Å². The lowest BCUT2D eigenvalue weighted by Gasteiger charge is -2.05. The van der Waals surface area contributed by atoms with Gasteiger partial charge in [-0.15, -0.1) is 0 Å². The van der Waals surface area contributed by atoms with Crippen LogP contribution in [-0.4, -0.2) is 21.1 Å². The standard InChI is InChI=1S/C13H15N3O/c1-10(2)8-16-11(9-17)7-13(15-16)12-5-3-4-6-14-12/h3-7,9-10H,8H2,1-2H3. The zero-order valence-electron chi connectivity index (χ0n) is 10.00. The van der Waals surface area contributed by atoms with Crippen molar-refractivity contribution in [2.24, 2.45) is 5.92 Å². The quantitative estimate of drug-likeness (QED) is 0.756. The van der Waals surface area contributed by atoms with Crippen LogP contribution in [0.15, 0.2) is 30.5 Å². The Balaban J connectivity index is 2.37.